The van der Waals surface area contributed by atoms with Gasteiger partial charge in [0.1, 0.15) is 11.1 Å². The minimum atomic E-state index is -3.87. The smallest absolute Gasteiger partial charge is 0.271 e. The first-order chi connectivity index (χ1) is 14.2. The predicted octanol–water partition coefficient (Wildman–Crippen LogP) is 3.21. The number of carbonyl (C=O) groups excluding carboxylic acids is 1. The Morgan fingerprint density at radius 1 is 1.23 bits per heavy atom. The third-order valence-electron chi connectivity index (χ3n) is 4.48. The molecule has 0 unspecified atom stereocenters. The van der Waals surface area contributed by atoms with Gasteiger partial charge in [0.2, 0.25) is 10.0 Å². The van der Waals surface area contributed by atoms with Gasteiger partial charge in [0, 0.05) is 23.2 Å². The maximum atomic E-state index is 12.9. The number of nitrogens with zero attached hydrogens (tertiary/aromatic N) is 3. The van der Waals surface area contributed by atoms with Crippen LogP contribution in [0.25, 0.3) is 0 Å². The van der Waals surface area contributed by atoms with Crippen LogP contribution in [0.5, 0.6) is 0 Å². The van der Waals surface area contributed by atoms with Gasteiger partial charge in [-0.15, -0.1) is 0 Å². The molecule has 0 aromatic heterocycles. The van der Waals surface area contributed by atoms with Gasteiger partial charge < -0.3 is 0 Å². The van der Waals surface area contributed by atoms with E-state index in [0.29, 0.717) is 23.4 Å². The standard InChI is InChI=1S/C18H16Cl2N4O5S/c19-13-4-6-14(7-5-13)30(28,29)23-9-1-2-16(23)18(25)22-21-11-12-3-8-15(20)17(10-12)24(26)27/h3-8,10-11,16H,1-2,9H2,(H,22,25)/b21-11-/t16-/m1/s1. The number of carbonyl (C=O) groups is 1. The van der Waals surface area contributed by atoms with Gasteiger partial charge in [0.05, 0.1) is 16.0 Å². The van der Waals surface area contributed by atoms with Crippen LogP contribution in [0, 0.1) is 10.1 Å². The Morgan fingerprint density at radius 2 is 1.93 bits per heavy atom. The highest BCUT2D eigenvalue weighted by Gasteiger charge is 2.39. The molecular weight excluding hydrogens is 455 g/mol. The van der Waals surface area contributed by atoms with Crippen LogP contribution in [0.2, 0.25) is 10.0 Å². The Hall–Kier alpha value is -2.53. The van der Waals surface area contributed by atoms with E-state index >= 15 is 0 Å². The maximum Gasteiger partial charge on any atom is 0.288 e. The first kappa shape index (κ1) is 22.2. The minimum absolute atomic E-state index is 0.0183. The van der Waals surface area contributed by atoms with E-state index in [-0.39, 0.29) is 22.2 Å². The monoisotopic (exact) mass is 470 g/mol. The number of amides is 1. The third kappa shape index (κ3) is 4.78. The highest BCUT2D eigenvalue weighted by molar-refractivity contribution is 7.89. The van der Waals surface area contributed by atoms with Crippen LogP contribution in [0.15, 0.2) is 52.5 Å². The molecule has 0 spiro atoms. The number of hydrazone groups is 1. The maximum absolute atomic E-state index is 12.9. The number of rotatable bonds is 6. The molecule has 1 N–H and O–H groups in total. The number of nitrogens with one attached hydrogen (secondary N) is 1. The molecule has 2 aromatic carbocycles. The van der Waals surface area contributed by atoms with Crippen molar-refractivity contribution in [1.82, 2.24) is 9.73 Å². The van der Waals surface area contributed by atoms with Crippen molar-refractivity contribution >= 4 is 51.0 Å². The average molecular weight is 471 g/mol. The van der Waals surface area contributed by atoms with Crippen molar-refractivity contribution in [3.8, 4) is 0 Å². The molecule has 2 aromatic rings. The lowest BCUT2D eigenvalue weighted by Crippen LogP contribution is -2.44. The summed E-state index contributed by atoms with van der Waals surface area (Å²) in [5.74, 6) is -0.593. The van der Waals surface area contributed by atoms with Gasteiger partial charge in [0.25, 0.3) is 11.6 Å². The second-order valence-corrected chi connectivity index (χ2v) is 9.16. The summed E-state index contributed by atoms with van der Waals surface area (Å²) >= 11 is 11.6. The summed E-state index contributed by atoms with van der Waals surface area (Å²) in [6.07, 6.45) is 2.09. The summed E-state index contributed by atoms with van der Waals surface area (Å²) in [6, 6.07) is 8.85. The summed E-state index contributed by atoms with van der Waals surface area (Å²) < 4.78 is 26.9. The lowest BCUT2D eigenvalue weighted by atomic mass is 10.2. The first-order valence-electron chi connectivity index (χ1n) is 8.74. The lowest BCUT2D eigenvalue weighted by Gasteiger charge is -2.22. The van der Waals surface area contributed by atoms with Crippen LogP contribution in [0.1, 0.15) is 18.4 Å². The van der Waals surface area contributed by atoms with Gasteiger partial charge in [-0.3, -0.25) is 14.9 Å². The van der Waals surface area contributed by atoms with Gasteiger partial charge in [-0.25, -0.2) is 13.8 Å². The highest BCUT2D eigenvalue weighted by atomic mass is 35.5. The highest BCUT2D eigenvalue weighted by Crippen LogP contribution is 2.27. The van der Waals surface area contributed by atoms with E-state index in [2.05, 4.69) is 10.5 Å². The quantitative estimate of drug-likeness (QED) is 0.394. The van der Waals surface area contributed by atoms with E-state index in [1.54, 1.807) is 0 Å². The van der Waals surface area contributed by atoms with Gasteiger partial charge in [-0.1, -0.05) is 29.3 Å². The molecule has 30 heavy (non-hydrogen) atoms. The van der Waals surface area contributed by atoms with Crippen LogP contribution in [0.4, 0.5) is 5.69 Å². The largest absolute Gasteiger partial charge is 0.288 e. The topological polar surface area (TPSA) is 122 Å². The molecule has 1 aliphatic heterocycles. The second-order valence-electron chi connectivity index (χ2n) is 6.43. The second kappa shape index (κ2) is 9.09. The van der Waals surface area contributed by atoms with E-state index in [1.807, 2.05) is 0 Å². The fourth-order valence-corrected chi connectivity index (χ4v) is 5.00. The van der Waals surface area contributed by atoms with E-state index in [1.165, 1.54) is 48.7 Å². The van der Waals surface area contributed by atoms with E-state index in [9.17, 15) is 23.3 Å². The van der Waals surface area contributed by atoms with Crippen LogP contribution in [-0.2, 0) is 14.8 Å². The summed E-state index contributed by atoms with van der Waals surface area (Å²) in [4.78, 5) is 22.9. The normalized spacial score (nSPS) is 17.3. The molecule has 12 heteroatoms. The molecule has 0 aliphatic carbocycles. The number of hydrogen-bond acceptors (Lipinski definition) is 6. The average Bonchev–Trinajstić information content (AvgIpc) is 3.20. The molecule has 1 amide bonds. The molecule has 3 rings (SSSR count). The Balaban J connectivity index is 1.72. The molecule has 0 radical (unpaired) electrons. The SMILES string of the molecule is O=C(N/N=C\c1ccc(Cl)c([N+](=O)[O-])c1)[C@H]1CCCN1S(=O)(=O)c1ccc(Cl)cc1. The predicted molar refractivity (Wildman–Crippen MR) is 112 cm³/mol. The van der Waals surface area contributed by atoms with Crippen molar-refractivity contribution in [2.75, 3.05) is 6.54 Å². The van der Waals surface area contributed by atoms with Crippen LogP contribution in [-0.4, -0.2) is 42.4 Å². The number of benzene rings is 2. The summed E-state index contributed by atoms with van der Waals surface area (Å²) in [6.45, 7) is 0.205. The Bertz CT molecular complexity index is 1110. The molecule has 158 valence electrons. The molecule has 1 fully saturated rings. The lowest BCUT2D eigenvalue weighted by molar-refractivity contribution is -0.384. The van der Waals surface area contributed by atoms with Crippen molar-refractivity contribution in [1.29, 1.82) is 0 Å². The zero-order chi connectivity index (χ0) is 21.9. The number of nitro benzene ring substituents is 1. The van der Waals surface area contributed by atoms with Gasteiger partial charge in [-0.05, 0) is 43.2 Å². The van der Waals surface area contributed by atoms with Crippen molar-refractivity contribution in [2.45, 2.75) is 23.8 Å². The Labute approximate surface area is 182 Å². The van der Waals surface area contributed by atoms with Crippen molar-refractivity contribution in [3.05, 3.63) is 68.2 Å². The summed E-state index contributed by atoms with van der Waals surface area (Å²) in [5, 5.41) is 15.1. The number of sulfonamides is 1. The molecule has 0 bridgehead atoms. The van der Waals surface area contributed by atoms with Crippen molar-refractivity contribution < 1.29 is 18.1 Å². The summed E-state index contributed by atoms with van der Waals surface area (Å²) in [7, 11) is -3.87. The summed E-state index contributed by atoms with van der Waals surface area (Å²) in [5.41, 5.74) is 2.36. The Morgan fingerprint density at radius 3 is 2.60 bits per heavy atom. The fraction of sp³-hybridized carbons (Fsp3) is 0.222. The Kier molecular flexibility index (Phi) is 6.71. The molecular formula is C18H16Cl2N4O5S. The zero-order valence-electron chi connectivity index (χ0n) is 15.4. The molecule has 9 nitrogen and oxygen atoms in total. The van der Waals surface area contributed by atoms with Crippen molar-refractivity contribution in [3.63, 3.8) is 0 Å². The van der Waals surface area contributed by atoms with Crippen LogP contribution < -0.4 is 5.43 Å². The fourth-order valence-electron chi connectivity index (χ4n) is 3.03. The van der Waals surface area contributed by atoms with E-state index in [0.717, 1.165) is 4.31 Å². The first-order valence-corrected chi connectivity index (χ1v) is 10.9. The number of halogens is 2. The van der Waals surface area contributed by atoms with E-state index in [4.69, 9.17) is 23.2 Å². The van der Waals surface area contributed by atoms with Gasteiger partial charge in [0.15, 0.2) is 0 Å². The molecule has 0 saturated carbocycles. The molecule has 1 heterocycles. The third-order valence-corrected chi connectivity index (χ3v) is 6.98. The zero-order valence-corrected chi connectivity index (χ0v) is 17.7. The molecule has 1 atom stereocenters. The van der Waals surface area contributed by atoms with Gasteiger partial charge in [-0.2, -0.15) is 9.41 Å². The van der Waals surface area contributed by atoms with Crippen molar-refractivity contribution in [2.24, 2.45) is 5.10 Å². The van der Waals surface area contributed by atoms with Crippen LogP contribution >= 0.6 is 23.2 Å². The molecule has 1 saturated heterocycles. The van der Waals surface area contributed by atoms with Gasteiger partial charge >= 0.3 is 0 Å². The van der Waals surface area contributed by atoms with E-state index < -0.39 is 26.9 Å². The molecule has 1 aliphatic rings. The van der Waals surface area contributed by atoms with Crippen LogP contribution in [0.3, 0.4) is 0 Å². The number of hydrogen-bond donors (Lipinski definition) is 1. The minimum Gasteiger partial charge on any atom is -0.271 e. The number of nitro groups is 1.